The van der Waals surface area contributed by atoms with Crippen LogP contribution in [-0.4, -0.2) is 48.8 Å². The van der Waals surface area contributed by atoms with Crippen LogP contribution < -0.4 is 10.6 Å². The van der Waals surface area contributed by atoms with Crippen LogP contribution in [0, 0.1) is 11.8 Å². The molecule has 0 saturated carbocycles. The van der Waals surface area contributed by atoms with E-state index >= 15 is 0 Å². The van der Waals surface area contributed by atoms with E-state index in [4.69, 9.17) is 0 Å². The van der Waals surface area contributed by atoms with E-state index in [1.165, 1.54) is 17.7 Å². The lowest BCUT2D eigenvalue weighted by Gasteiger charge is -2.28. The second kappa shape index (κ2) is 9.10. The molecule has 2 heterocycles. The maximum absolute atomic E-state index is 11.9. The van der Waals surface area contributed by atoms with Crippen LogP contribution in [0.4, 0.5) is 0 Å². The average Bonchev–Trinajstić information content (AvgIpc) is 2.80. The molecule has 2 unspecified atom stereocenters. The maximum Gasteiger partial charge on any atom is 0.229 e. The van der Waals surface area contributed by atoms with E-state index in [1.54, 1.807) is 0 Å². The van der Waals surface area contributed by atoms with Gasteiger partial charge in [0.15, 0.2) is 0 Å². The van der Waals surface area contributed by atoms with Crippen LogP contribution in [0.25, 0.3) is 0 Å². The Kier molecular flexibility index (Phi) is 7.82. The zero-order valence-electron chi connectivity index (χ0n) is 13.1. The van der Waals surface area contributed by atoms with Crippen molar-refractivity contribution in [1.82, 2.24) is 15.5 Å². The Morgan fingerprint density at radius 1 is 1.36 bits per heavy atom. The van der Waals surface area contributed by atoms with Crippen molar-refractivity contribution in [3.8, 4) is 0 Å². The Labute approximate surface area is 137 Å². The smallest absolute Gasteiger partial charge is 0.229 e. The lowest BCUT2D eigenvalue weighted by molar-refractivity contribution is -0.138. The average molecular weight is 332 g/mol. The van der Waals surface area contributed by atoms with Crippen molar-refractivity contribution >= 4 is 30.1 Å². The van der Waals surface area contributed by atoms with Gasteiger partial charge in [-0.25, -0.2) is 0 Å². The Balaban J connectivity index is 0.00000242. The zero-order valence-corrected chi connectivity index (χ0v) is 13.9. The first-order valence-electron chi connectivity index (χ1n) is 7.88. The van der Waals surface area contributed by atoms with Crippen molar-refractivity contribution in [2.45, 2.75) is 39.0 Å². The second-order valence-corrected chi connectivity index (χ2v) is 6.08. The lowest BCUT2D eigenvalue weighted by Crippen LogP contribution is -2.39. The van der Waals surface area contributed by atoms with Gasteiger partial charge < -0.3 is 10.6 Å². The maximum atomic E-state index is 11.9. The number of halogens is 1. The Bertz CT molecular complexity index is 395. The molecule has 2 fully saturated rings. The molecule has 2 aliphatic rings. The first kappa shape index (κ1) is 18.9. The van der Waals surface area contributed by atoms with Crippen molar-refractivity contribution in [3.63, 3.8) is 0 Å². The van der Waals surface area contributed by atoms with Gasteiger partial charge in [0.1, 0.15) is 0 Å². The number of piperidine rings is 1. The van der Waals surface area contributed by atoms with Gasteiger partial charge in [0, 0.05) is 32.4 Å². The quantitative estimate of drug-likeness (QED) is 0.702. The molecule has 3 amide bonds. The van der Waals surface area contributed by atoms with Crippen molar-refractivity contribution < 1.29 is 14.4 Å². The van der Waals surface area contributed by atoms with Crippen molar-refractivity contribution in [3.05, 3.63) is 0 Å². The second-order valence-electron chi connectivity index (χ2n) is 6.08. The van der Waals surface area contributed by atoms with Gasteiger partial charge in [-0.05, 0) is 37.8 Å². The van der Waals surface area contributed by atoms with Crippen LogP contribution in [0.1, 0.15) is 39.0 Å². The molecule has 0 radical (unpaired) electrons. The molecule has 22 heavy (non-hydrogen) atoms. The minimum Gasteiger partial charge on any atom is -0.354 e. The van der Waals surface area contributed by atoms with Gasteiger partial charge in [-0.1, -0.05) is 6.92 Å². The molecule has 0 aromatic heterocycles. The molecule has 0 bridgehead atoms. The first-order chi connectivity index (χ1) is 10.1. The van der Waals surface area contributed by atoms with Gasteiger partial charge in [-0.2, -0.15) is 0 Å². The van der Waals surface area contributed by atoms with E-state index in [0.29, 0.717) is 44.2 Å². The minimum absolute atomic E-state index is 0. The van der Waals surface area contributed by atoms with Crippen molar-refractivity contribution in [2.24, 2.45) is 11.8 Å². The summed E-state index contributed by atoms with van der Waals surface area (Å²) in [6.07, 6.45) is 3.47. The monoisotopic (exact) mass is 331 g/mol. The summed E-state index contributed by atoms with van der Waals surface area (Å²) in [6.45, 7) is 4.83. The lowest BCUT2D eigenvalue weighted by atomic mass is 9.85. The van der Waals surface area contributed by atoms with E-state index in [9.17, 15) is 14.4 Å². The number of carbonyl (C=O) groups is 3. The summed E-state index contributed by atoms with van der Waals surface area (Å²) in [7, 11) is 0. The van der Waals surface area contributed by atoms with Crippen LogP contribution in [-0.2, 0) is 14.4 Å². The number of rotatable bonds is 6. The van der Waals surface area contributed by atoms with Crippen molar-refractivity contribution in [2.75, 3.05) is 26.2 Å². The standard InChI is InChI=1S/C15H25N3O3.ClH/c1-11(12-3-2-6-16-10-12)9-13(19)17-7-8-18-14(20)4-5-15(18)21;/h11-12,16H,2-10H2,1H3,(H,17,19);1H. The van der Waals surface area contributed by atoms with Gasteiger partial charge in [-0.3, -0.25) is 19.3 Å². The molecule has 2 rings (SSSR count). The fourth-order valence-electron chi connectivity index (χ4n) is 3.08. The van der Waals surface area contributed by atoms with Gasteiger partial charge in [0.05, 0.1) is 0 Å². The summed E-state index contributed by atoms with van der Waals surface area (Å²) in [5.74, 6) is 0.665. The van der Waals surface area contributed by atoms with Crippen LogP contribution >= 0.6 is 12.4 Å². The molecule has 2 atom stereocenters. The third kappa shape index (κ3) is 5.25. The highest BCUT2D eigenvalue weighted by Crippen LogP contribution is 2.22. The topological polar surface area (TPSA) is 78.5 Å². The minimum atomic E-state index is -0.129. The molecule has 6 nitrogen and oxygen atoms in total. The number of likely N-dealkylation sites (tertiary alicyclic amines) is 1. The predicted octanol–water partition coefficient (Wildman–Crippen LogP) is 0.699. The van der Waals surface area contributed by atoms with Gasteiger partial charge in [0.25, 0.3) is 0 Å². The molecule has 126 valence electrons. The summed E-state index contributed by atoms with van der Waals surface area (Å²) < 4.78 is 0. The summed E-state index contributed by atoms with van der Waals surface area (Å²) in [5.41, 5.74) is 0. The number of nitrogens with one attached hydrogen (secondary N) is 2. The molecule has 0 aromatic carbocycles. The molecule has 2 aliphatic heterocycles. The number of nitrogens with zero attached hydrogens (tertiary/aromatic N) is 1. The summed E-state index contributed by atoms with van der Waals surface area (Å²) in [6, 6.07) is 0. The van der Waals surface area contributed by atoms with E-state index in [-0.39, 0.29) is 30.1 Å². The first-order valence-corrected chi connectivity index (χ1v) is 7.88. The van der Waals surface area contributed by atoms with Crippen LogP contribution in [0.3, 0.4) is 0 Å². The van der Waals surface area contributed by atoms with E-state index in [1.807, 2.05) is 0 Å². The molecule has 2 saturated heterocycles. The van der Waals surface area contributed by atoms with Gasteiger partial charge in [0.2, 0.25) is 17.7 Å². The van der Waals surface area contributed by atoms with Crippen LogP contribution in [0.15, 0.2) is 0 Å². The highest BCUT2D eigenvalue weighted by Gasteiger charge is 2.28. The molecule has 0 aromatic rings. The number of hydrogen-bond acceptors (Lipinski definition) is 4. The third-order valence-electron chi connectivity index (χ3n) is 4.46. The number of amides is 3. The number of hydrogen-bond donors (Lipinski definition) is 2. The summed E-state index contributed by atoms with van der Waals surface area (Å²) >= 11 is 0. The van der Waals surface area contributed by atoms with E-state index < -0.39 is 0 Å². The Hall–Kier alpha value is -1.14. The third-order valence-corrected chi connectivity index (χ3v) is 4.46. The normalized spacial score (nSPS) is 23.1. The number of carbonyl (C=O) groups excluding carboxylic acids is 3. The largest absolute Gasteiger partial charge is 0.354 e. The zero-order chi connectivity index (χ0) is 15.2. The highest BCUT2D eigenvalue weighted by atomic mass is 35.5. The number of imide groups is 1. The SMILES string of the molecule is CC(CC(=O)NCCN1C(=O)CCC1=O)C1CCCNC1.Cl. The predicted molar refractivity (Wildman–Crippen MR) is 85.6 cm³/mol. The molecular weight excluding hydrogens is 306 g/mol. The van der Waals surface area contributed by atoms with Gasteiger partial charge in [-0.15, -0.1) is 12.4 Å². The molecule has 0 spiro atoms. The summed E-state index contributed by atoms with van der Waals surface area (Å²) in [4.78, 5) is 36.0. The van der Waals surface area contributed by atoms with Crippen LogP contribution in [0.5, 0.6) is 0 Å². The van der Waals surface area contributed by atoms with E-state index in [2.05, 4.69) is 17.6 Å². The van der Waals surface area contributed by atoms with Crippen molar-refractivity contribution in [1.29, 1.82) is 0 Å². The van der Waals surface area contributed by atoms with Gasteiger partial charge >= 0.3 is 0 Å². The Morgan fingerprint density at radius 2 is 2.05 bits per heavy atom. The molecule has 7 heteroatoms. The molecule has 0 aliphatic carbocycles. The van der Waals surface area contributed by atoms with E-state index in [0.717, 1.165) is 13.1 Å². The highest BCUT2D eigenvalue weighted by molar-refractivity contribution is 6.01. The fraction of sp³-hybridized carbons (Fsp3) is 0.800. The Morgan fingerprint density at radius 3 is 2.64 bits per heavy atom. The van der Waals surface area contributed by atoms with Crippen LogP contribution in [0.2, 0.25) is 0 Å². The molecule has 2 N–H and O–H groups in total. The fourth-order valence-corrected chi connectivity index (χ4v) is 3.08. The summed E-state index contributed by atoms with van der Waals surface area (Å²) in [5, 5.41) is 6.18. The molecular formula is C15H26ClN3O3.